The molecule has 0 heterocycles. The van der Waals surface area contributed by atoms with Crippen molar-refractivity contribution in [3.05, 3.63) is 48.6 Å². The molecule has 0 aliphatic rings. The summed E-state index contributed by atoms with van der Waals surface area (Å²) in [6.07, 6.45) is 77.2. The highest BCUT2D eigenvalue weighted by atomic mass is 16.6. The number of carbonyl (C=O) groups is 3. The van der Waals surface area contributed by atoms with Gasteiger partial charge in [-0.25, -0.2) is 0 Å². The van der Waals surface area contributed by atoms with Gasteiger partial charge in [0.25, 0.3) is 0 Å². The molecular formula is C67H122O6. The number of unbranched alkanes of at least 4 members (excludes halogenated alkanes) is 40. The summed E-state index contributed by atoms with van der Waals surface area (Å²) in [7, 11) is 0. The molecule has 0 aliphatic heterocycles. The lowest BCUT2D eigenvalue weighted by molar-refractivity contribution is -0.167. The maximum absolute atomic E-state index is 12.8. The minimum absolute atomic E-state index is 0.0750. The summed E-state index contributed by atoms with van der Waals surface area (Å²) in [4.78, 5) is 38.1. The Morgan fingerprint density at radius 3 is 0.836 bits per heavy atom. The van der Waals surface area contributed by atoms with E-state index >= 15 is 0 Å². The van der Waals surface area contributed by atoms with E-state index < -0.39 is 6.10 Å². The molecule has 0 aromatic heterocycles. The van der Waals surface area contributed by atoms with Gasteiger partial charge in [0.15, 0.2) is 6.10 Å². The van der Waals surface area contributed by atoms with Crippen molar-refractivity contribution in [2.75, 3.05) is 13.2 Å². The number of hydrogen-bond acceptors (Lipinski definition) is 6. The topological polar surface area (TPSA) is 78.9 Å². The Hall–Kier alpha value is -2.63. The van der Waals surface area contributed by atoms with Crippen LogP contribution in [0.5, 0.6) is 0 Å². The van der Waals surface area contributed by atoms with Gasteiger partial charge < -0.3 is 14.2 Å². The van der Waals surface area contributed by atoms with Gasteiger partial charge in [-0.2, -0.15) is 0 Å². The van der Waals surface area contributed by atoms with Gasteiger partial charge in [-0.1, -0.05) is 313 Å². The lowest BCUT2D eigenvalue weighted by atomic mass is 10.0. The van der Waals surface area contributed by atoms with Crippen LogP contribution < -0.4 is 0 Å². The molecule has 6 nitrogen and oxygen atoms in total. The summed E-state index contributed by atoms with van der Waals surface area (Å²) in [5.74, 6) is -0.875. The minimum Gasteiger partial charge on any atom is -0.462 e. The molecular weight excluding hydrogens is 901 g/mol. The van der Waals surface area contributed by atoms with Crippen molar-refractivity contribution in [2.45, 2.75) is 348 Å². The van der Waals surface area contributed by atoms with E-state index in [1.807, 2.05) is 0 Å². The molecule has 0 saturated heterocycles. The number of carbonyl (C=O) groups excluding carboxylic acids is 3. The first kappa shape index (κ1) is 70.4. The summed E-state index contributed by atoms with van der Waals surface area (Å²) in [5.41, 5.74) is 0. The maximum Gasteiger partial charge on any atom is 0.306 e. The standard InChI is InChI=1S/C67H122O6/c1-4-7-10-13-16-19-21-23-25-27-29-30-31-32-33-34-35-36-37-39-40-42-44-46-48-51-54-57-60-66(69)72-63-64(62-71-65(68)59-56-53-50-18-15-12-9-6-3)73-67(70)61-58-55-52-49-47-45-43-41-38-28-26-24-22-20-17-14-11-8-5-2/h8,11,17,20,24,26,38,41,64H,4-7,9-10,12-16,18-19,21-23,25,27-37,39-40,42-63H2,1-3H3/b11-8-,20-17-,26-24-,41-38-. The highest BCUT2D eigenvalue weighted by molar-refractivity contribution is 5.71. The molecule has 1 unspecified atom stereocenters. The lowest BCUT2D eigenvalue weighted by Crippen LogP contribution is -2.30. The highest BCUT2D eigenvalue weighted by Crippen LogP contribution is 2.18. The van der Waals surface area contributed by atoms with Crippen LogP contribution >= 0.6 is 0 Å². The summed E-state index contributed by atoms with van der Waals surface area (Å²) in [6.45, 7) is 6.54. The van der Waals surface area contributed by atoms with Gasteiger partial charge in [0.2, 0.25) is 0 Å². The quantitative estimate of drug-likeness (QED) is 0.0261. The summed E-state index contributed by atoms with van der Waals surface area (Å²) in [5, 5.41) is 0. The minimum atomic E-state index is -0.777. The van der Waals surface area contributed by atoms with E-state index in [1.54, 1.807) is 0 Å². The molecule has 6 heteroatoms. The van der Waals surface area contributed by atoms with Crippen LogP contribution in [0.2, 0.25) is 0 Å². The van der Waals surface area contributed by atoms with Crippen LogP contribution in [0, 0.1) is 0 Å². The molecule has 0 rings (SSSR count). The second-order valence-corrected chi connectivity index (χ2v) is 21.7. The SMILES string of the molecule is CC/C=C\C/C=C\C/C=C\C/C=C\CCCCCCCCC(=O)OC(COC(=O)CCCCCCCCCC)COC(=O)CCCCCCCCCCCCCCCCCCCCCCCCCCCCCC. The van der Waals surface area contributed by atoms with Gasteiger partial charge in [-0.15, -0.1) is 0 Å². The van der Waals surface area contributed by atoms with Gasteiger partial charge in [0.05, 0.1) is 0 Å². The van der Waals surface area contributed by atoms with Crippen molar-refractivity contribution in [3.63, 3.8) is 0 Å². The molecule has 0 radical (unpaired) electrons. The van der Waals surface area contributed by atoms with Crippen LogP contribution in [0.15, 0.2) is 48.6 Å². The van der Waals surface area contributed by atoms with Gasteiger partial charge in [-0.3, -0.25) is 14.4 Å². The van der Waals surface area contributed by atoms with Crippen LogP contribution in [0.3, 0.4) is 0 Å². The number of hydrogen-bond donors (Lipinski definition) is 0. The Morgan fingerprint density at radius 2 is 0.534 bits per heavy atom. The van der Waals surface area contributed by atoms with Crippen molar-refractivity contribution in [2.24, 2.45) is 0 Å². The van der Waals surface area contributed by atoms with Gasteiger partial charge in [-0.05, 0) is 57.8 Å². The fourth-order valence-corrected chi connectivity index (χ4v) is 9.56. The zero-order valence-corrected chi connectivity index (χ0v) is 48.9. The number of rotatable bonds is 59. The fraction of sp³-hybridized carbons (Fsp3) is 0.836. The molecule has 0 aromatic carbocycles. The summed E-state index contributed by atoms with van der Waals surface area (Å²) < 4.78 is 16.9. The molecule has 426 valence electrons. The van der Waals surface area contributed by atoms with E-state index in [0.29, 0.717) is 19.3 Å². The maximum atomic E-state index is 12.8. The molecule has 73 heavy (non-hydrogen) atoms. The lowest BCUT2D eigenvalue weighted by Gasteiger charge is -2.18. The predicted molar refractivity (Wildman–Crippen MR) is 316 cm³/mol. The van der Waals surface area contributed by atoms with Crippen LogP contribution in [-0.4, -0.2) is 37.2 Å². The van der Waals surface area contributed by atoms with Gasteiger partial charge in [0, 0.05) is 19.3 Å². The summed E-state index contributed by atoms with van der Waals surface area (Å²) >= 11 is 0. The first-order chi connectivity index (χ1) is 36.0. The first-order valence-electron chi connectivity index (χ1n) is 32.1. The van der Waals surface area contributed by atoms with Crippen LogP contribution in [0.1, 0.15) is 342 Å². The monoisotopic (exact) mass is 1020 g/mol. The van der Waals surface area contributed by atoms with Gasteiger partial charge in [0.1, 0.15) is 13.2 Å². The Kier molecular flexibility index (Phi) is 59.7. The van der Waals surface area contributed by atoms with E-state index in [4.69, 9.17) is 14.2 Å². The number of allylic oxidation sites excluding steroid dienone is 8. The van der Waals surface area contributed by atoms with E-state index in [1.165, 1.54) is 205 Å². The molecule has 0 bridgehead atoms. The molecule has 0 aromatic rings. The van der Waals surface area contributed by atoms with Crippen LogP contribution in [0.4, 0.5) is 0 Å². The Balaban J connectivity index is 4.10. The Morgan fingerprint density at radius 1 is 0.288 bits per heavy atom. The average Bonchev–Trinajstić information content (AvgIpc) is 3.39. The van der Waals surface area contributed by atoms with E-state index in [-0.39, 0.29) is 31.1 Å². The third kappa shape index (κ3) is 60.1. The van der Waals surface area contributed by atoms with Crippen molar-refractivity contribution < 1.29 is 28.6 Å². The molecule has 0 spiro atoms. The molecule has 0 N–H and O–H groups in total. The third-order valence-electron chi connectivity index (χ3n) is 14.3. The largest absolute Gasteiger partial charge is 0.462 e. The molecule has 0 fully saturated rings. The average molecular weight is 1020 g/mol. The second kappa shape index (κ2) is 61.9. The van der Waals surface area contributed by atoms with E-state index in [2.05, 4.69) is 69.4 Å². The molecule has 0 saturated carbocycles. The van der Waals surface area contributed by atoms with Crippen LogP contribution in [0.25, 0.3) is 0 Å². The predicted octanol–water partition coefficient (Wildman–Crippen LogP) is 21.8. The van der Waals surface area contributed by atoms with Crippen molar-refractivity contribution in [1.82, 2.24) is 0 Å². The van der Waals surface area contributed by atoms with Crippen molar-refractivity contribution >= 4 is 17.9 Å². The summed E-state index contributed by atoms with van der Waals surface area (Å²) in [6, 6.07) is 0. The second-order valence-electron chi connectivity index (χ2n) is 21.7. The zero-order chi connectivity index (χ0) is 52.9. The Labute approximate surface area is 454 Å². The van der Waals surface area contributed by atoms with Crippen LogP contribution in [-0.2, 0) is 28.6 Å². The third-order valence-corrected chi connectivity index (χ3v) is 14.3. The molecule has 0 aliphatic carbocycles. The Bertz CT molecular complexity index is 1270. The molecule has 1 atom stereocenters. The highest BCUT2D eigenvalue weighted by Gasteiger charge is 2.19. The van der Waals surface area contributed by atoms with E-state index in [9.17, 15) is 14.4 Å². The normalized spacial score (nSPS) is 12.3. The zero-order valence-electron chi connectivity index (χ0n) is 48.9. The molecule has 0 amide bonds. The van der Waals surface area contributed by atoms with Gasteiger partial charge >= 0.3 is 17.9 Å². The van der Waals surface area contributed by atoms with Crippen molar-refractivity contribution in [1.29, 1.82) is 0 Å². The van der Waals surface area contributed by atoms with E-state index in [0.717, 1.165) is 96.3 Å². The smallest absolute Gasteiger partial charge is 0.306 e. The first-order valence-corrected chi connectivity index (χ1v) is 32.1. The number of ether oxygens (including phenoxy) is 3. The number of esters is 3. The fourth-order valence-electron chi connectivity index (χ4n) is 9.56. The van der Waals surface area contributed by atoms with Crippen molar-refractivity contribution in [3.8, 4) is 0 Å².